The number of nitrogens with zero attached hydrogens (tertiary/aromatic N) is 2. The lowest BCUT2D eigenvalue weighted by atomic mass is 10.0. The maximum absolute atomic E-state index is 12.1. The minimum Gasteiger partial charge on any atom is -0.367 e. The number of ether oxygens (including phenoxy) is 1. The summed E-state index contributed by atoms with van der Waals surface area (Å²) < 4.78 is 5.51. The second kappa shape index (κ2) is 9.30. The Morgan fingerprint density at radius 1 is 1.20 bits per heavy atom. The van der Waals surface area contributed by atoms with Crippen molar-refractivity contribution in [2.24, 2.45) is 0 Å². The van der Waals surface area contributed by atoms with Gasteiger partial charge in [0.15, 0.2) is 0 Å². The topological polar surface area (TPSA) is 54.5 Å². The fourth-order valence-corrected chi connectivity index (χ4v) is 3.17. The van der Waals surface area contributed by atoms with Crippen LogP contribution in [0.4, 0.5) is 0 Å². The molecule has 1 aliphatic rings. The number of benzene rings is 1. The van der Waals surface area contributed by atoms with Crippen LogP contribution >= 0.6 is 0 Å². The van der Waals surface area contributed by atoms with Gasteiger partial charge in [0, 0.05) is 31.5 Å². The summed E-state index contributed by atoms with van der Waals surface area (Å²) >= 11 is 0. The summed E-state index contributed by atoms with van der Waals surface area (Å²) in [5.41, 5.74) is 2.29. The standard InChI is InChI=1S/C20H25N3O2/c24-20(16-25-15-17-6-2-1-3-7-17)22-19-9-5-11-23(14-19)13-18-8-4-10-21-12-18/h1-4,6-8,10,12,19H,5,9,11,13-16H2,(H,22,24)/t19-/m1/s1. The molecular weight excluding hydrogens is 314 g/mol. The highest BCUT2D eigenvalue weighted by atomic mass is 16.5. The molecular formula is C20H25N3O2. The van der Waals surface area contributed by atoms with E-state index in [0.717, 1.165) is 38.0 Å². The van der Waals surface area contributed by atoms with Gasteiger partial charge >= 0.3 is 0 Å². The number of piperidine rings is 1. The van der Waals surface area contributed by atoms with Crippen LogP contribution in [0.5, 0.6) is 0 Å². The van der Waals surface area contributed by atoms with E-state index in [1.54, 1.807) is 6.20 Å². The first-order chi connectivity index (χ1) is 12.3. The monoisotopic (exact) mass is 339 g/mol. The van der Waals surface area contributed by atoms with E-state index in [0.29, 0.717) is 6.61 Å². The number of carbonyl (C=O) groups excluding carboxylic acids is 1. The van der Waals surface area contributed by atoms with Crippen LogP contribution in [-0.4, -0.2) is 41.5 Å². The lowest BCUT2D eigenvalue weighted by Crippen LogP contribution is -2.48. The molecule has 1 aromatic heterocycles. The Labute approximate surface area is 149 Å². The van der Waals surface area contributed by atoms with Crippen molar-refractivity contribution in [1.29, 1.82) is 0 Å². The fraction of sp³-hybridized carbons (Fsp3) is 0.400. The van der Waals surface area contributed by atoms with Crippen molar-refractivity contribution in [3.8, 4) is 0 Å². The molecule has 3 rings (SSSR count). The number of rotatable bonds is 7. The molecule has 2 aromatic rings. The zero-order chi connectivity index (χ0) is 17.3. The third kappa shape index (κ3) is 5.96. The van der Waals surface area contributed by atoms with Gasteiger partial charge in [0.2, 0.25) is 5.91 Å². The molecule has 0 saturated carbocycles. The summed E-state index contributed by atoms with van der Waals surface area (Å²) in [6.07, 6.45) is 5.81. The summed E-state index contributed by atoms with van der Waals surface area (Å²) in [6.45, 7) is 3.38. The van der Waals surface area contributed by atoms with Crippen LogP contribution in [0.15, 0.2) is 54.9 Å². The van der Waals surface area contributed by atoms with Gasteiger partial charge in [0.05, 0.1) is 6.61 Å². The molecule has 1 amide bonds. The van der Waals surface area contributed by atoms with E-state index in [4.69, 9.17) is 4.74 Å². The highest BCUT2D eigenvalue weighted by Crippen LogP contribution is 2.13. The first-order valence-corrected chi connectivity index (χ1v) is 8.82. The Hall–Kier alpha value is -2.24. The molecule has 5 heteroatoms. The van der Waals surface area contributed by atoms with Crippen molar-refractivity contribution in [1.82, 2.24) is 15.2 Å². The van der Waals surface area contributed by atoms with Gasteiger partial charge in [-0.2, -0.15) is 0 Å². The van der Waals surface area contributed by atoms with Gasteiger partial charge in [0.25, 0.3) is 0 Å². The predicted molar refractivity (Wildman–Crippen MR) is 96.8 cm³/mol. The van der Waals surface area contributed by atoms with E-state index < -0.39 is 0 Å². The Bertz CT molecular complexity index is 649. The molecule has 0 spiro atoms. The first-order valence-electron chi connectivity index (χ1n) is 8.82. The van der Waals surface area contributed by atoms with Crippen LogP contribution in [0, 0.1) is 0 Å². The van der Waals surface area contributed by atoms with Gasteiger partial charge in [-0.1, -0.05) is 36.4 Å². The number of hydrogen-bond acceptors (Lipinski definition) is 4. The third-order valence-electron chi connectivity index (χ3n) is 4.34. The van der Waals surface area contributed by atoms with Crippen molar-refractivity contribution < 1.29 is 9.53 Å². The van der Waals surface area contributed by atoms with E-state index >= 15 is 0 Å². The molecule has 1 fully saturated rings. The number of nitrogens with one attached hydrogen (secondary N) is 1. The number of aromatic nitrogens is 1. The van der Waals surface area contributed by atoms with Gasteiger partial charge in [-0.3, -0.25) is 14.7 Å². The molecule has 0 aliphatic carbocycles. The summed E-state index contributed by atoms with van der Waals surface area (Å²) in [5.74, 6) is -0.0378. The number of amides is 1. The van der Waals surface area contributed by atoms with Crippen LogP contribution in [-0.2, 0) is 22.7 Å². The van der Waals surface area contributed by atoms with Crippen LogP contribution in [0.3, 0.4) is 0 Å². The predicted octanol–water partition coefficient (Wildman–Crippen LogP) is 2.38. The number of carbonyl (C=O) groups is 1. The lowest BCUT2D eigenvalue weighted by molar-refractivity contribution is -0.127. The largest absolute Gasteiger partial charge is 0.367 e. The molecule has 25 heavy (non-hydrogen) atoms. The summed E-state index contributed by atoms with van der Waals surface area (Å²) in [5, 5.41) is 3.10. The molecule has 2 heterocycles. The Morgan fingerprint density at radius 3 is 2.84 bits per heavy atom. The average Bonchev–Trinajstić information content (AvgIpc) is 2.64. The fourth-order valence-electron chi connectivity index (χ4n) is 3.17. The van der Waals surface area contributed by atoms with E-state index in [1.807, 2.05) is 42.6 Å². The minimum atomic E-state index is -0.0378. The molecule has 132 valence electrons. The lowest BCUT2D eigenvalue weighted by Gasteiger charge is -2.33. The SMILES string of the molecule is O=C(COCc1ccccc1)N[C@@H]1CCCN(Cc2cccnc2)C1. The maximum Gasteiger partial charge on any atom is 0.246 e. The van der Waals surface area contributed by atoms with Crippen LogP contribution in [0.2, 0.25) is 0 Å². The van der Waals surface area contributed by atoms with Crippen LogP contribution < -0.4 is 5.32 Å². The van der Waals surface area contributed by atoms with Gasteiger partial charge in [-0.25, -0.2) is 0 Å². The summed E-state index contributed by atoms with van der Waals surface area (Å²) in [6, 6.07) is 14.1. The van der Waals surface area contributed by atoms with E-state index in [9.17, 15) is 4.79 Å². The number of likely N-dealkylation sites (tertiary alicyclic amines) is 1. The molecule has 5 nitrogen and oxygen atoms in total. The molecule has 1 atom stereocenters. The molecule has 0 bridgehead atoms. The number of pyridine rings is 1. The Balaban J connectivity index is 1.39. The molecule has 1 aromatic carbocycles. The van der Waals surface area contributed by atoms with E-state index in [2.05, 4.69) is 21.3 Å². The van der Waals surface area contributed by atoms with Crippen molar-refractivity contribution in [3.63, 3.8) is 0 Å². The van der Waals surface area contributed by atoms with Crippen molar-refractivity contribution in [3.05, 3.63) is 66.0 Å². The highest BCUT2D eigenvalue weighted by molar-refractivity contribution is 5.77. The van der Waals surface area contributed by atoms with Gasteiger partial charge in [-0.15, -0.1) is 0 Å². The highest BCUT2D eigenvalue weighted by Gasteiger charge is 2.21. The number of hydrogen-bond donors (Lipinski definition) is 1. The van der Waals surface area contributed by atoms with Gasteiger partial charge in [0.1, 0.15) is 6.61 Å². The quantitative estimate of drug-likeness (QED) is 0.841. The van der Waals surface area contributed by atoms with Crippen molar-refractivity contribution in [2.75, 3.05) is 19.7 Å². The maximum atomic E-state index is 12.1. The zero-order valence-corrected chi connectivity index (χ0v) is 14.4. The van der Waals surface area contributed by atoms with Crippen LogP contribution in [0.1, 0.15) is 24.0 Å². The average molecular weight is 339 g/mol. The van der Waals surface area contributed by atoms with E-state index in [1.165, 1.54) is 5.56 Å². The Kier molecular flexibility index (Phi) is 6.54. The van der Waals surface area contributed by atoms with Gasteiger partial charge in [-0.05, 0) is 36.6 Å². The van der Waals surface area contributed by atoms with Crippen molar-refractivity contribution >= 4 is 5.91 Å². The molecule has 0 unspecified atom stereocenters. The summed E-state index contributed by atoms with van der Waals surface area (Å²) in [4.78, 5) is 18.6. The normalized spacial score (nSPS) is 18.0. The molecule has 0 radical (unpaired) electrons. The van der Waals surface area contributed by atoms with Gasteiger partial charge < -0.3 is 10.1 Å². The van der Waals surface area contributed by atoms with Crippen molar-refractivity contribution in [2.45, 2.75) is 32.0 Å². The second-order valence-electron chi connectivity index (χ2n) is 6.48. The smallest absolute Gasteiger partial charge is 0.246 e. The zero-order valence-electron chi connectivity index (χ0n) is 14.4. The Morgan fingerprint density at radius 2 is 2.04 bits per heavy atom. The first kappa shape index (κ1) is 17.6. The van der Waals surface area contributed by atoms with Crippen LogP contribution in [0.25, 0.3) is 0 Å². The third-order valence-corrected chi connectivity index (χ3v) is 4.34. The second-order valence-corrected chi connectivity index (χ2v) is 6.48. The molecule has 1 N–H and O–H groups in total. The minimum absolute atomic E-state index is 0.0378. The van der Waals surface area contributed by atoms with E-state index in [-0.39, 0.29) is 18.6 Å². The summed E-state index contributed by atoms with van der Waals surface area (Å²) in [7, 11) is 0. The molecule has 1 aliphatic heterocycles. The molecule has 1 saturated heterocycles.